The molecular formula is C27H23OPS. The van der Waals surface area contributed by atoms with Gasteiger partial charge in [0.15, 0.2) is 5.78 Å². The van der Waals surface area contributed by atoms with E-state index < -0.39 is 6.89 Å². The summed E-state index contributed by atoms with van der Waals surface area (Å²) in [4.78, 5) is 14.4. The van der Waals surface area contributed by atoms with Gasteiger partial charge in [-0.15, -0.1) is 11.8 Å². The highest BCUT2D eigenvalue weighted by molar-refractivity contribution is 8.00. The molecular weight excluding hydrogens is 403 g/mol. The van der Waals surface area contributed by atoms with E-state index in [2.05, 4.69) is 72.8 Å². The third-order valence-corrected chi connectivity index (χ3v) is 10.0. The molecule has 0 aliphatic carbocycles. The average molecular weight is 427 g/mol. The van der Waals surface area contributed by atoms with Crippen LogP contribution < -0.4 is 15.9 Å². The van der Waals surface area contributed by atoms with Gasteiger partial charge in [0.25, 0.3) is 0 Å². The molecule has 0 N–H and O–H groups in total. The second kappa shape index (κ2) is 9.80. The van der Waals surface area contributed by atoms with E-state index in [0.29, 0.717) is 5.75 Å². The maximum absolute atomic E-state index is 13.3. The minimum absolute atomic E-state index is 0.161. The molecule has 0 amide bonds. The molecule has 0 bridgehead atoms. The summed E-state index contributed by atoms with van der Waals surface area (Å²) < 4.78 is 0. The maximum atomic E-state index is 13.3. The van der Waals surface area contributed by atoms with Gasteiger partial charge in [0.05, 0.1) is 5.75 Å². The molecule has 4 aromatic carbocycles. The Morgan fingerprint density at radius 1 is 0.600 bits per heavy atom. The molecule has 0 unspecified atom stereocenters. The van der Waals surface area contributed by atoms with Crippen molar-refractivity contribution in [2.45, 2.75) is 4.90 Å². The lowest BCUT2D eigenvalue weighted by Gasteiger charge is -2.28. The summed E-state index contributed by atoms with van der Waals surface area (Å²) in [5, 5.41) is 3.58. The summed E-state index contributed by atoms with van der Waals surface area (Å²) in [6.45, 7) is -2.22. The lowest BCUT2D eigenvalue weighted by atomic mass is 10.4. The second-order valence-corrected chi connectivity index (χ2v) is 11.2. The molecule has 4 rings (SSSR count). The van der Waals surface area contributed by atoms with Crippen LogP contribution in [0.1, 0.15) is 0 Å². The van der Waals surface area contributed by atoms with E-state index in [4.69, 9.17) is 0 Å². The van der Waals surface area contributed by atoms with E-state index in [-0.39, 0.29) is 5.78 Å². The fourth-order valence-corrected chi connectivity index (χ4v) is 8.24. The summed E-state index contributed by atoms with van der Waals surface area (Å²) in [5.74, 6) is 2.61. The fraction of sp³-hybridized carbons (Fsp3) is 0.0370. The Hall–Kier alpha value is -2.80. The molecule has 0 saturated carbocycles. The van der Waals surface area contributed by atoms with Crippen molar-refractivity contribution in [2.24, 2.45) is 0 Å². The minimum atomic E-state index is -2.22. The number of hydrogen-bond donors (Lipinski definition) is 0. The van der Waals surface area contributed by atoms with Crippen LogP contribution in [-0.4, -0.2) is 17.3 Å². The zero-order chi connectivity index (χ0) is 20.7. The van der Waals surface area contributed by atoms with Crippen LogP contribution in [0, 0.1) is 0 Å². The summed E-state index contributed by atoms with van der Waals surface area (Å²) in [6, 6.07) is 41.5. The van der Waals surface area contributed by atoms with Crippen LogP contribution in [0.2, 0.25) is 0 Å². The first-order chi connectivity index (χ1) is 14.8. The molecule has 4 aromatic rings. The summed E-state index contributed by atoms with van der Waals surface area (Å²) in [7, 11) is 0. The van der Waals surface area contributed by atoms with Crippen LogP contribution in [0.15, 0.2) is 126 Å². The van der Waals surface area contributed by atoms with Gasteiger partial charge in [-0.25, -0.2) is 0 Å². The number of hydrogen-bond acceptors (Lipinski definition) is 2. The summed E-state index contributed by atoms with van der Waals surface area (Å²) >= 11 is 1.59. The Bertz CT molecular complexity index is 1040. The van der Waals surface area contributed by atoms with E-state index >= 15 is 0 Å². The van der Waals surface area contributed by atoms with E-state index in [1.54, 1.807) is 11.8 Å². The first-order valence-electron chi connectivity index (χ1n) is 9.91. The van der Waals surface area contributed by atoms with Gasteiger partial charge < -0.3 is 0 Å². The van der Waals surface area contributed by atoms with E-state index in [0.717, 1.165) is 4.90 Å². The van der Waals surface area contributed by atoms with E-state index in [9.17, 15) is 4.79 Å². The lowest BCUT2D eigenvalue weighted by Crippen LogP contribution is -2.28. The fourth-order valence-electron chi connectivity index (χ4n) is 3.58. The molecule has 0 radical (unpaired) electrons. The Balaban J connectivity index is 1.86. The van der Waals surface area contributed by atoms with Crippen molar-refractivity contribution in [3.8, 4) is 0 Å². The monoisotopic (exact) mass is 426 g/mol. The predicted molar refractivity (Wildman–Crippen MR) is 133 cm³/mol. The Morgan fingerprint density at radius 2 is 0.967 bits per heavy atom. The third kappa shape index (κ3) is 4.51. The third-order valence-electron chi connectivity index (χ3n) is 4.95. The number of thioether (sulfide) groups is 1. The SMILES string of the molecule is O=C(C=P(c1ccccc1)(c1ccccc1)c1ccccc1)CSc1ccccc1. The average Bonchev–Trinajstić information content (AvgIpc) is 2.83. The van der Waals surface area contributed by atoms with Gasteiger partial charge in [-0.2, -0.15) is 0 Å². The van der Waals surface area contributed by atoms with E-state index in [1.807, 2.05) is 54.3 Å². The molecule has 0 saturated heterocycles. The topological polar surface area (TPSA) is 17.1 Å². The van der Waals surface area contributed by atoms with Gasteiger partial charge in [0.1, 0.15) is 0 Å². The molecule has 30 heavy (non-hydrogen) atoms. The van der Waals surface area contributed by atoms with Crippen molar-refractivity contribution in [1.29, 1.82) is 0 Å². The molecule has 0 atom stereocenters. The van der Waals surface area contributed by atoms with Crippen LogP contribution in [0.25, 0.3) is 0 Å². The predicted octanol–water partition coefficient (Wildman–Crippen LogP) is 5.14. The number of benzene rings is 4. The molecule has 148 valence electrons. The first-order valence-corrected chi connectivity index (χ1v) is 12.8. The second-order valence-electron chi connectivity index (χ2n) is 6.93. The molecule has 0 aromatic heterocycles. The number of Topliss-reactive ketones (excluding diaryl/α,β-unsaturated/α-hetero) is 1. The minimum Gasteiger partial charge on any atom is -0.294 e. The number of rotatable bonds is 7. The van der Waals surface area contributed by atoms with Gasteiger partial charge in [-0.05, 0) is 40.7 Å². The molecule has 0 spiro atoms. The highest BCUT2D eigenvalue weighted by atomic mass is 32.2. The first kappa shape index (κ1) is 20.5. The van der Waals surface area contributed by atoms with Crippen LogP contribution >= 0.6 is 18.6 Å². The van der Waals surface area contributed by atoms with Crippen molar-refractivity contribution in [3.05, 3.63) is 121 Å². The molecule has 0 aliphatic heterocycles. The standard InChI is InChI=1S/C27H23OPS/c28-23(22-30-27-19-11-4-12-20-27)21-29(24-13-5-1-6-14-24,25-15-7-2-8-16-25)26-17-9-3-10-18-26/h1-21H,22H2. The van der Waals surface area contributed by atoms with Crippen molar-refractivity contribution in [2.75, 3.05) is 5.75 Å². The Kier molecular flexibility index (Phi) is 6.69. The van der Waals surface area contributed by atoms with Gasteiger partial charge in [-0.1, -0.05) is 109 Å². The van der Waals surface area contributed by atoms with Crippen molar-refractivity contribution in [3.63, 3.8) is 0 Å². The van der Waals surface area contributed by atoms with Gasteiger partial charge in [0, 0.05) is 4.90 Å². The zero-order valence-corrected chi connectivity index (χ0v) is 18.3. The lowest BCUT2D eigenvalue weighted by molar-refractivity contribution is -0.110. The van der Waals surface area contributed by atoms with Gasteiger partial charge in [-0.3, -0.25) is 4.79 Å². The smallest absolute Gasteiger partial charge is 0.166 e. The van der Waals surface area contributed by atoms with Crippen molar-refractivity contribution >= 4 is 46.1 Å². The molecule has 0 aliphatic rings. The highest BCUT2D eigenvalue weighted by Gasteiger charge is 2.26. The number of carbonyl (C=O) groups excluding carboxylic acids is 1. The quantitative estimate of drug-likeness (QED) is 0.301. The number of ketones is 1. The van der Waals surface area contributed by atoms with Crippen LogP contribution in [0.5, 0.6) is 0 Å². The van der Waals surface area contributed by atoms with Gasteiger partial charge in [0.2, 0.25) is 0 Å². The van der Waals surface area contributed by atoms with E-state index in [1.165, 1.54) is 15.9 Å². The zero-order valence-electron chi connectivity index (χ0n) is 16.6. The molecule has 3 heteroatoms. The van der Waals surface area contributed by atoms with Crippen LogP contribution in [0.4, 0.5) is 0 Å². The Morgan fingerprint density at radius 3 is 1.37 bits per heavy atom. The number of carbonyl (C=O) groups is 1. The summed E-state index contributed by atoms with van der Waals surface area (Å²) in [5.41, 5.74) is 0. The molecule has 1 nitrogen and oxygen atoms in total. The molecule has 0 heterocycles. The highest BCUT2D eigenvalue weighted by Crippen LogP contribution is 2.43. The van der Waals surface area contributed by atoms with Crippen LogP contribution in [-0.2, 0) is 4.79 Å². The van der Waals surface area contributed by atoms with Crippen LogP contribution in [0.3, 0.4) is 0 Å². The van der Waals surface area contributed by atoms with Crippen molar-refractivity contribution in [1.82, 2.24) is 0 Å². The van der Waals surface area contributed by atoms with Crippen molar-refractivity contribution < 1.29 is 4.79 Å². The van der Waals surface area contributed by atoms with Gasteiger partial charge >= 0.3 is 0 Å². The summed E-state index contributed by atoms with van der Waals surface area (Å²) in [6.07, 6.45) is 0. The molecule has 0 fully saturated rings. The Labute approximate surface area is 182 Å². The maximum Gasteiger partial charge on any atom is 0.166 e. The normalized spacial score (nSPS) is 11.1. The largest absolute Gasteiger partial charge is 0.294 e.